The van der Waals surface area contributed by atoms with Crippen LogP contribution < -0.4 is 11.1 Å². The van der Waals surface area contributed by atoms with Crippen LogP contribution >= 0.6 is 0 Å². The smallest absolute Gasteiger partial charge is 0.258 e. The number of rotatable bonds is 1. The second-order valence-corrected chi connectivity index (χ2v) is 2.96. The van der Waals surface area contributed by atoms with E-state index in [1.807, 2.05) is 0 Å². The highest BCUT2D eigenvalue weighted by Gasteiger charge is 2.22. The van der Waals surface area contributed by atoms with Crippen LogP contribution in [0.4, 0.5) is 5.69 Å². The molecule has 0 bridgehead atoms. The Balaban J connectivity index is 2.51. The highest BCUT2D eigenvalue weighted by atomic mass is 16.2. The maximum atomic E-state index is 11.3. The summed E-state index contributed by atoms with van der Waals surface area (Å²) < 4.78 is 0. The minimum atomic E-state index is -0.395. The van der Waals surface area contributed by atoms with Crippen molar-refractivity contribution in [3.63, 3.8) is 0 Å². The van der Waals surface area contributed by atoms with Crippen molar-refractivity contribution in [2.75, 3.05) is 5.73 Å². The number of imide groups is 1. The average molecular weight is 188 g/mol. The Hall–Kier alpha value is -2.10. The third-order valence-corrected chi connectivity index (χ3v) is 2.01. The fourth-order valence-corrected chi connectivity index (χ4v) is 1.35. The van der Waals surface area contributed by atoms with E-state index < -0.39 is 11.8 Å². The van der Waals surface area contributed by atoms with Gasteiger partial charge in [-0.25, -0.2) is 0 Å². The number of para-hydroxylation sites is 1. The van der Waals surface area contributed by atoms with Gasteiger partial charge in [0.1, 0.15) is 0 Å². The number of benzene rings is 1. The van der Waals surface area contributed by atoms with Crippen LogP contribution in [0.25, 0.3) is 5.57 Å². The zero-order valence-corrected chi connectivity index (χ0v) is 7.28. The van der Waals surface area contributed by atoms with Gasteiger partial charge in [0.15, 0.2) is 0 Å². The number of amides is 2. The number of carbonyl (C=O) groups excluding carboxylic acids is 2. The van der Waals surface area contributed by atoms with Crippen LogP contribution in [-0.2, 0) is 9.59 Å². The zero-order chi connectivity index (χ0) is 10.1. The largest absolute Gasteiger partial charge is 0.398 e. The average Bonchev–Trinajstić information content (AvgIpc) is 2.46. The molecule has 1 aromatic carbocycles. The van der Waals surface area contributed by atoms with Gasteiger partial charge in [0.05, 0.1) is 5.57 Å². The van der Waals surface area contributed by atoms with Gasteiger partial charge in [-0.2, -0.15) is 0 Å². The molecular weight excluding hydrogens is 180 g/mol. The number of nitrogens with two attached hydrogens (primary N) is 1. The van der Waals surface area contributed by atoms with Crippen molar-refractivity contribution in [2.24, 2.45) is 0 Å². The number of carbonyl (C=O) groups is 2. The van der Waals surface area contributed by atoms with Gasteiger partial charge >= 0.3 is 0 Å². The number of anilines is 1. The maximum Gasteiger partial charge on any atom is 0.258 e. The van der Waals surface area contributed by atoms with E-state index in [1.165, 1.54) is 6.08 Å². The molecule has 0 fully saturated rings. The Labute approximate surface area is 80.4 Å². The van der Waals surface area contributed by atoms with Crippen molar-refractivity contribution in [3.8, 4) is 0 Å². The van der Waals surface area contributed by atoms with E-state index in [0.717, 1.165) is 0 Å². The molecule has 1 aliphatic heterocycles. The molecule has 1 aliphatic rings. The summed E-state index contributed by atoms with van der Waals surface area (Å²) in [6.07, 6.45) is 1.26. The predicted octanol–water partition coefficient (Wildman–Crippen LogP) is 0.309. The second-order valence-electron chi connectivity index (χ2n) is 2.96. The van der Waals surface area contributed by atoms with Crippen LogP contribution in [0.5, 0.6) is 0 Å². The van der Waals surface area contributed by atoms with Gasteiger partial charge in [0, 0.05) is 17.3 Å². The zero-order valence-electron chi connectivity index (χ0n) is 7.28. The molecule has 0 spiro atoms. The lowest BCUT2D eigenvalue weighted by Crippen LogP contribution is -2.21. The SMILES string of the molecule is Nc1ccccc1C1=CC(=O)NC1=O. The van der Waals surface area contributed by atoms with Gasteiger partial charge in [-0.3, -0.25) is 14.9 Å². The standard InChI is InChI=1S/C10H8N2O2/c11-8-4-2-1-3-6(8)7-5-9(13)12-10(7)14/h1-5H,11H2,(H,12,13,14). The minimum absolute atomic E-state index is 0.327. The van der Waals surface area contributed by atoms with Gasteiger partial charge in [-0.05, 0) is 6.07 Å². The molecule has 0 radical (unpaired) electrons. The summed E-state index contributed by atoms with van der Waals surface area (Å²) in [7, 11) is 0. The van der Waals surface area contributed by atoms with E-state index >= 15 is 0 Å². The Morgan fingerprint density at radius 3 is 2.43 bits per heavy atom. The summed E-state index contributed by atoms with van der Waals surface area (Å²) in [4.78, 5) is 22.2. The third-order valence-electron chi connectivity index (χ3n) is 2.01. The number of nitrogens with one attached hydrogen (secondary N) is 1. The van der Waals surface area contributed by atoms with Crippen LogP contribution in [0.1, 0.15) is 5.56 Å². The minimum Gasteiger partial charge on any atom is -0.398 e. The van der Waals surface area contributed by atoms with Crippen molar-refractivity contribution in [1.82, 2.24) is 5.32 Å². The molecule has 3 N–H and O–H groups in total. The lowest BCUT2D eigenvalue weighted by atomic mass is 10.0. The molecule has 4 heteroatoms. The van der Waals surface area contributed by atoms with Gasteiger partial charge in [-0.1, -0.05) is 18.2 Å². The monoisotopic (exact) mass is 188 g/mol. The Kier molecular flexibility index (Phi) is 1.81. The lowest BCUT2D eigenvalue weighted by molar-refractivity contribution is -0.123. The lowest BCUT2D eigenvalue weighted by Gasteiger charge is -2.03. The summed E-state index contributed by atoms with van der Waals surface area (Å²) >= 11 is 0. The van der Waals surface area contributed by atoms with Crippen LogP contribution in [-0.4, -0.2) is 11.8 Å². The number of nitrogen functional groups attached to an aromatic ring is 1. The van der Waals surface area contributed by atoms with Crippen LogP contribution in [0.2, 0.25) is 0 Å². The van der Waals surface area contributed by atoms with Crippen LogP contribution in [0.15, 0.2) is 30.3 Å². The Morgan fingerprint density at radius 1 is 1.14 bits per heavy atom. The summed E-state index contributed by atoms with van der Waals surface area (Å²) in [5, 5.41) is 2.17. The Bertz CT molecular complexity index is 449. The molecule has 1 heterocycles. The number of hydrogen-bond acceptors (Lipinski definition) is 3. The molecule has 2 rings (SSSR count). The van der Waals surface area contributed by atoms with Gasteiger partial charge in [0.25, 0.3) is 11.8 Å². The van der Waals surface area contributed by atoms with Gasteiger partial charge in [0.2, 0.25) is 0 Å². The normalized spacial score (nSPS) is 15.3. The topological polar surface area (TPSA) is 72.2 Å². The fourth-order valence-electron chi connectivity index (χ4n) is 1.35. The maximum absolute atomic E-state index is 11.3. The molecule has 0 atom stereocenters. The molecule has 70 valence electrons. The first-order valence-corrected chi connectivity index (χ1v) is 4.10. The third kappa shape index (κ3) is 1.26. The molecule has 0 saturated carbocycles. The molecular formula is C10H8N2O2. The van der Waals surface area contributed by atoms with Crippen molar-refractivity contribution in [2.45, 2.75) is 0 Å². The first-order chi connectivity index (χ1) is 6.68. The summed E-state index contributed by atoms with van der Waals surface area (Å²) in [5.41, 5.74) is 7.09. The van der Waals surface area contributed by atoms with E-state index in [1.54, 1.807) is 24.3 Å². The summed E-state index contributed by atoms with van der Waals surface area (Å²) in [6.45, 7) is 0. The molecule has 4 nitrogen and oxygen atoms in total. The van der Waals surface area contributed by atoms with Gasteiger partial charge in [-0.15, -0.1) is 0 Å². The second kappa shape index (κ2) is 2.99. The fraction of sp³-hybridized carbons (Fsp3) is 0. The summed E-state index contributed by atoms with van der Waals surface area (Å²) in [5.74, 6) is -0.791. The van der Waals surface area contributed by atoms with E-state index in [2.05, 4.69) is 5.32 Å². The van der Waals surface area contributed by atoms with Crippen molar-refractivity contribution in [3.05, 3.63) is 35.9 Å². The molecule has 1 aromatic rings. The van der Waals surface area contributed by atoms with E-state index in [9.17, 15) is 9.59 Å². The molecule has 0 aromatic heterocycles. The van der Waals surface area contributed by atoms with Gasteiger partial charge < -0.3 is 5.73 Å². The van der Waals surface area contributed by atoms with E-state index in [4.69, 9.17) is 5.73 Å². The number of hydrogen-bond donors (Lipinski definition) is 2. The summed E-state index contributed by atoms with van der Waals surface area (Å²) in [6, 6.07) is 6.93. The molecule has 2 amide bonds. The first kappa shape index (κ1) is 8.50. The molecule has 0 saturated heterocycles. The molecule has 0 aliphatic carbocycles. The predicted molar refractivity (Wildman–Crippen MR) is 52.0 cm³/mol. The van der Waals surface area contributed by atoms with E-state index in [0.29, 0.717) is 16.8 Å². The Morgan fingerprint density at radius 2 is 1.86 bits per heavy atom. The molecule has 0 unspecified atom stereocenters. The molecule has 14 heavy (non-hydrogen) atoms. The van der Waals surface area contributed by atoms with Crippen molar-refractivity contribution < 1.29 is 9.59 Å². The van der Waals surface area contributed by atoms with Crippen molar-refractivity contribution in [1.29, 1.82) is 0 Å². The quantitative estimate of drug-likeness (QED) is 0.492. The van der Waals surface area contributed by atoms with Crippen molar-refractivity contribution >= 4 is 23.1 Å². The highest BCUT2D eigenvalue weighted by Crippen LogP contribution is 2.23. The first-order valence-electron chi connectivity index (χ1n) is 4.10. The van der Waals surface area contributed by atoms with Crippen LogP contribution in [0.3, 0.4) is 0 Å². The van der Waals surface area contributed by atoms with Crippen LogP contribution in [0, 0.1) is 0 Å². The highest BCUT2D eigenvalue weighted by molar-refractivity contribution is 6.34. The van der Waals surface area contributed by atoms with E-state index in [-0.39, 0.29) is 0 Å².